The Bertz CT molecular complexity index is 706. The van der Waals surface area contributed by atoms with E-state index in [0.29, 0.717) is 0 Å². The summed E-state index contributed by atoms with van der Waals surface area (Å²) in [5.74, 6) is 3.75. The molecule has 0 radical (unpaired) electrons. The Balaban J connectivity index is 1.97. The highest BCUT2D eigenvalue weighted by atomic mass is 32.2. The van der Waals surface area contributed by atoms with Gasteiger partial charge >= 0.3 is 0 Å². The molecule has 178 valence electrons. The lowest BCUT2D eigenvalue weighted by Gasteiger charge is -2.38. The molecule has 2 rings (SSSR count). The largest absolute Gasteiger partial charge is 0.487 e. The van der Waals surface area contributed by atoms with Crippen molar-refractivity contribution in [3.63, 3.8) is 0 Å². The van der Waals surface area contributed by atoms with Crippen molar-refractivity contribution in [2.24, 2.45) is 11.8 Å². The Hall–Kier alpha value is -0.950. The van der Waals surface area contributed by atoms with Gasteiger partial charge in [0.2, 0.25) is 0 Å². The quantitative estimate of drug-likeness (QED) is 0.108. The molecule has 0 spiro atoms. The van der Waals surface area contributed by atoms with Crippen molar-refractivity contribution >= 4 is 12.0 Å². The third kappa shape index (κ3) is 7.55. The highest BCUT2D eigenvalue weighted by Gasteiger charge is 2.34. The van der Waals surface area contributed by atoms with Gasteiger partial charge in [-0.15, -0.1) is 4.33 Å². The molecule has 5 nitrogen and oxygen atoms in total. The average molecular weight is 455 g/mol. The van der Waals surface area contributed by atoms with E-state index in [-0.39, 0.29) is 11.5 Å². The summed E-state index contributed by atoms with van der Waals surface area (Å²) < 4.78 is 17.0. The lowest BCUT2D eigenvalue weighted by Crippen LogP contribution is -2.37. The summed E-state index contributed by atoms with van der Waals surface area (Å²) in [6.07, 6.45) is 9.66. The number of hydrogen-bond donors (Lipinski definition) is 1. The summed E-state index contributed by atoms with van der Waals surface area (Å²) in [6.45, 7) is 15.6. The van der Waals surface area contributed by atoms with Crippen LogP contribution < -0.4 is 9.47 Å². The molecule has 0 bridgehead atoms. The molecule has 1 aromatic carbocycles. The van der Waals surface area contributed by atoms with Crippen molar-refractivity contribution in [1.29, 1.82) is 0 Å². The van der Waals surface area contributed by atoms with Crippen LogP contribution in [0.5, 0.6) is 11.5 Å². The van der Waals surface area contributed by atoms with Gasteiger partial charge in [0.05, 0.1) is 12.0 Å². The van der Waals surface area contributed by atoms with Gasteiger partial charge in [-0.2, -0.15) is 0 Å². The van der Waals surface area contributed by atoms with Crippen molar-refractivity contribution in [1.82, 2.24) is 0 Å². The van der Waals surface area contributed by atoms with Crippen LogP contribution in [-0.2, 0) is 15.8 Å². The van der Waals surface area contributed by atoms with Crippen molar-refractivity contribution in [2.75, 3.05) is 5.94 Å². The fourth-order valence-electron chi connectivity index (χ4n) is 4.64. The van der Waals surface area contributed by atoms with Crippen LogP contribution in [0.4, 0.5) is 0 Å². The molecule has 0 aliphatic carbocycles. The first-order chi connectivity index (χ1) is 14.7. The van der Waals surface area contributed by atoms with Gasteiger partial charge in [-0.05, 0) is 81.9 Å². The molecule has 0 amide bonds. The minimum atomic E-state index is -0.0984. The van der Waals surface area contributed by atoms with Gasteiger partial charge < -0.3 is 9.47 Å². The van der Waals surface area contributed by atoms with Crippen LogP contribution in [0.25, 0.3) is 0 Å². The van der Waals surface area contributed by atoms with Crippen molar-refractivity contribution in [2.45, 2.75) is 105 Å². The predicted molar refractivity (Wildman–Crippen MR) is 128 cm³/mol. The Morgan fingerprint density at radius 1 is 1.03 bits per heavy atom. The smallest absolute Gasteiger partial charge is 0.162 e. The molecule has 0 fully saturated rings. The van der Waals surface area contributed by atoms with E-state index in [9.17, 15) is 0 Å². The van der Waals surface area contributed by atoms with Gasteiger partial charge in [-0.1, -0.05) is 51.5 Å². The fourth-order valence-corrected chi connectivity index (χ4v) is 4.89. The molecule has 31 heavy (non-hydrogen) atoms. The number of rotatable bonds is 13. The summed E-state index contributed by atoms with van der Waals surface area (Å²) in [6, 6.07) is 0. The molecular weight excluding hydrogens is 412 g/mol. The first-order valence-electron chi connectivity index (χ1n) is 11.7. The van der Waals surface area contributed by atoms with Gasteiger partial charge in [-0.3, -0.25) is 0 Å². The van der Waals surface area contributed by atoms with E-state index in [0.717, 1.165) is 71.3 Å². The monoisotopic (exact) mass is 454 g/mol. The summed E-state index contributed by atoms with van der Waals surface area (Å²) in [5, 5.41) is 11.9. The lowest BCUT2D eigenvalue weighted by molar-refractivity contribution is -0.432. The van der Waals surface area contributed by atoms with E-state index >= 15 is 0 Å². The normalized spacial score (nSPS) is 19.3. The van der Waals surface area contributed by atoms with Crippen LogP contribution in [0.2, 0.25) is 0 Å². The van der Waals surface area contributed by atoms with E-state index in [1.165, 1.54) is 37.7 Å². The number of hydrogen-bond acceptors (Lipinski definition) is 6. The Morgan fingerprint density at radius 2 is 1.74 bits per heavy atom. The number of ether oxygens (including phenoxy) is 2. The molecule has 2 atom stereocenters. The first kappa shape index (κ1) is 26.3. The Kier molecular flexibility index (Phi) is 10.5. The molecule has 1 heterocycles. The molecule has 6 heteroatoms. The maximum absolute atomic E-state index is 8.26. The molecule has 0 aromatic heterocycles. The summed E-state index contributed by atoms with van der Waals surface area (Å²) in [4.78, 5) is 0. The number of benzene rings is 1. The SMILES string of the molecule is Cc1c(C)c2c(c(C)c1OCSOOO)CCC(C)(CCCC(C)CCCC(C)C)O2. The van der Waals surface area contributed by atoms with Crippen LogP contribution in [0.3, 0.4) is 0 Å². The van der Waals surface area contributed by atoms with Crippen LogP contribution in [0, 0.1) is 32.6 Å². The maximum Gasteiger partial charge on any atom is 0.162 e. The second-order valence-electron chi connectivity index (χ2n) is 9.91. The van der Waals surface area contributed by atoms with Gasteiger partial charge in [0.1, 0.15) is 17.1 Å². The van der Waals surface area contributed by atoms with Gasteiger partial charge in [0, 0.05) is 5.56 Å². The highest BCUT2D eigenvalue weighted by Crippen LogP contribution is 2.45. The first-order valence-corrected chi connectivity index (χ1v) is 12.6. The Labute approximate surface area is 193 Å². The highest BCUT2D eigenvalue weighted by molar-refractivity contribution is 7.94. The molecule has 1 aliphatic heterocycles. The molecular formula is C25H42O5S. The zero-order chi connectivity index (χ0) is 23.0. The zero-order valence-electron chi connectivity index (χ0n) is 20.5. The summed E-state index contributed by atoms with van der Waals surface area (Å²) >= 11 is 0.900. The van der Waals surface area contributed by atoms with E-state index in [1.807, 2.05) is 0 Å². The molecule has 1 N–H and O–H groups in total. The van der Waals surface area contributed by atoms with Crippen molar-refractivity contribution in [3.05, 3.63) is 22.3 Å². The lowest BCUT2D eigenvalue weighted by atomic mass is 9.84. The van der Waals surface area contributed by atoms with Crippen LogP contribution in [0.1, 0.15) is 94.9 Å². The van der Waals surface area contributed by atoms with Crippen molar-refractivity contribution < 1.29 is 24.1 Å². The zero-order valence-corrected chi connectivity index (χ0v) is 21.3. The molecule has 2 unspecified atom stereocenters. The second-order valence-corrected chi connectivity index (χ2v) is 10.5. The molecule has 1 aromatic rings. The molecule has 0 saturated heterocycles. The van der Waals surface area contributed by atoms with E-state index in [1.54, 1.807) is 0 Å². The standard InChI is InChI=1S/C25H42O5S/c1-17(2)10-8-11-18(3)12-9-14-25(7)15-13-22-21(6)23(27-16-31-30-29-26)19(4)20(5)24(22)28-25/h17-18,26H,8-16H2,1-7H3. The van der Waals surface area contributed by atoms with Crippen molar-refractivity contribution in [3.8, 4) is 11.5 Å². The van der Waals surface area contributed by atoms with E-state index in [2.05, 4.69) is 57.8 Å². The minimum Gasteiger partial charge on any atom is -0.487 e. The summed E-state index contributed by atoms with van der Waals surface area (Å²) in [5.41, 5.74) is 4.52. The third-order valence-electron chi connectivity index (χ3n) is 6.77. The van der Waals surface area contributed by atoms with E-state index in [4.69, 9.17) is 14.7 Å². The molecule has 0 saturated carbocycles. The van der Waals surface area contributed by atoms with Crippen LogP contribution in [0.15, 0.2) is 0 Å². The Morgan fingerprint density at radius 3 is 2.42 bits per heavy atom. The average Bonchev–Trinajstić information content (AvgIpc) is 2.71. The summed E-state index contributed by atoms with van der Waals surface area (Å²) in [7, 11) is 0. The maximum atomic E-state index is 8.26. The predicted octanol–water partition coefficient (Wildman–Crippen LogP) is 7.73. The molecule has 1 aliphatic rings. The van der Waals surface area contributed by atoms with Crippen LogP contribution in [-0.4, -0.2) is 16.8 Å². The fraction of sp³-hybridized carbons (Fsp3) is 0.760. The topological polar surface area (TPSA) is 57.2 Å². The second kappa shape index (κ2) is 12.3. The van der Waals surface area contributed by atoms with E-state index < -0.39 is 0 Å². The third-order valence-corrected chi connectivity index (χ3v) is 7.15. The van der Waals surface area contributed by atoms with Gasteiger partial charge in [0.25, 0.3) is 0 Å². The van der Waals surface area contributed by atoms with Gasteiger partial charge in [0.15, 0.2) is 5.94 Å². The minimum absolute atomic E-state index is 0.0984. The number of fused-ring (bicyclic) bond motifs is 1. The van der Waals surface area contributed by atoms with Crippen LogP contribution >= 0.6 is 12.0 Å². The van der Waals surface area contributed by atoms with Gasteiger partial charge in [-0.25, -0.2) is 5.26 Å².